The molecule has 5 aliphatic rings. The SMILES string of the molecule is C=C(C(=O)N1CCN(c2nc(OC[C@@]34CCCN3C[C@H](F)C4)nc3c(F)c(-c4ccc(F)c5sc(N)c(C#N)c45)c(Cl)cc23)[C@@H](C)C1)[C@@H](C)OC(O)Nc1cc2cc3c(nc2cc1F)-c1cc2c(c(=S)n1C3)COC(=O)[C@]2(O)CC. The smallest absolute Gasteiger partial charge is 0.343 e. The predicted molar refractivity (Wildman–Crippen MR) is 295 cm³/mol. The molecule has 3 fully saturated rings. The summed E-state index contributed by atoms with van der Waals surface area (Å²) in [6, 6.07) is 11.5. The zero-order valence-electron chi connectivity index (χ0n) is 43.3. The third-order valence-electron chi connectivity index (χ3n) is 16.4. The quantitative estimate of drug-likeness (QED) is 0.0295. The number of aliphatic hydroxyl groups is 2. The number of alkyl halides is 1. The Morgan fingerprint density at radius 3 is 2.70 bits per heavy atom. The lowest BCUT2D eigenvalue weighted by Crippen LogP contribution is -2.55. The van der Waals surface area contributed by atoms with E-state index in [1.807, 2.05) is 28.5 Å². The first-order chi connectivity index (χ1) is 38.2. The molecule has 6 atom stereocenters. The lowest BCUT2D eigenvalue weighted by Gasteiger charge is -2.41. The number of pyridine rings is 2. The molecule has 17 nitrogen and oxygen atoms in total. The van der Waals surface area contributed by atoms with E-state index in [2.05, 4.69) is 21.8 Å². The van der Waals surface area contributed by atoms with Gasteiger partial charge >= 0.3 is 12.0 Å². The zero-order chi connectivity index (χ0) is 56.4. The Balaban J connectivity index is 0.766. The number of nitriles is 1. The number of nitrogens with zero attached hydrogens (tertiary/aromatic N) is 8. The number of carbonyl (C=O) groups excluding carboxylic acids is 2. The highest BCUT2D eigenvalue weighted by Gasteiger charge is 2.50. The van der Waals surface area contributed by atoms with E-state index < -0.39 is 65.2 Å². The molecule has 3 aromatic carbocycles. The predicted octanol–water partition coefficient (Wildman–Crippen LogP) is 9.14. The van der Waals surface area contributed by atoms with Crippen molar-refractivity contribution in [2.24, 2.45) is 0 Å². The van der Waals surface area contributed by atoms with E-state index in [9.17, 15) is 29.5 Å². The van der Waals surface area contributed by atoms with Gasteiger partial charge in [-0.15, -0.1) is 11.3 Å². The van der Waals surface area contributed by atoms with E-state index >= 15 is 13.2 Å². The number of halogens is 5. The molecule has 80 heavy (non-hydrogen) atoms. The number of cyclic esters (lactones) is 1. The van der Waals surface area contributed by atoms with Crippen LogP contribution in [0.3, 0.4) is 0 Å². The maximum absolute atomic E-state index is 17.5. The number of nitrogens with one attached hydrogen (secondary N) is 1. The number of amides is 1. The Morgan fingerprint density at radius 1 is 1.14 bits per heavy atom. The number of carbonyl (C=O) groups is 2. The lowest BCUT2D eigenvalue weighted by atomic mass is 9.86. The first-order valence-corrected chi connectivity index (χ1v) is 27.6. The van der Waals surface area contributed by atoms with E-state index in [1.165, 1.54) is 31.2 Å². The molecule has 1 unspecified atom stereocenters. The van der Waals surface area contributed by atoms with Gasteiger partial charge in [-0.3, -0.25) is 9.69 Å². The molecule has 1 amide bonds. The highest BCUT2D eigenvalue weighted by Crippen LogP contribution is 2.47. The van der Waals surface area contributed by atoms with Gasteiger partial charge in [0.1, 0.15) is 58.1 Å². The Kier molecular flexibility index (Phi) is 13.3. The van der Waals surface area contributed by atoms with Gasteiger partial charge < -0.3 is 49.8 Å². The lowest BCUT2D eigenvalue weighted by molar-refractivity contribution is -0.172. The number of hydrogen-bond acceptors (Lipinski definition) is 17. The van der Waals surface area contributed by atoms with Crippen LogP contribution in [0.1, 0.15) is 68.7 Å². The third kappa shape index (κ3) is 8.60. The monoisotopic (exact) mass is 1150 g/mol. The topological polar surface area (TPSA) is 217 Å². The molecule has 5 N–H and O–H groups in total. The van der Waals surface area contributed by atoms with Crippen LogP contribution in [0.25, 0.3) is 54.4 Å². The van der Waals surface area contributed by atoms with Crippen LogP contribution in [0.4, 0.5) is 34.1 Å². The summed E-state index contributed by atoms with van der Waals surface area (Å²) in [5.74, 6) is -3.29. The number of rotatable bonds is 12. The molecule has 4 aromatic heterocycles. The number of hydrogen-bond donors (Lipinski definition) is 4. The van der Waals surface area contributed by atoms with Crippen LogP contribution in [-0.2, 0) is 37.8 Å². The molecular weight excluding hydrogens is 1100 g/mol. The average molecular weight is 1150 g/mol. The number of benzene rings is 3. The summed E-state index contributed by atoms with van der Waals surface area (Å²) in [4.78, 5) is 46.5. The van der Waals surface area contributed by atoms with E-state index in [0.29, 0.717) is 57.6 Å². The molecule has 414 valence electrons. The molecular formula is C56H51ClF4N10O7S2. The molecule has 0 aliphatic carbocycles. The van der Waals surface area contributed by atoms with E-state index in [4.69, 9.17) is 53.7 Å². The minimum Gasteiger partial charge on any atom is -0.461 e. The molecule has 24 heteroatoms. The van der Waals surface area contributed by atoms with Crippen molar-refractivity contribution in [3.05, 3.63) is 104 Å². The van der Waals surface area contributed by atoms with E-state index in [-0.39, 0.29) is 123 Å². The Bertz CT molecular complexity index is 3950. The molecule has 0 radical (unpaired) electrons. The van der Waals surface area contributed by atoms with Crippen LogP contribution in [-0.4, -0.2) is 121 Å². The second-order valence-corrected chi connectivity index (χ2v) is 23.0. The standard InChI is InChI=1S/C56H51ClF4N10O7S2/c1-5-56(75)35-16-41-45-29(21-71(41)51(79)34(35)23-76-52(56)73)13-28-14-40(38(60)17-39(28)64-45)65-54(74)78-27(4)26(3)50(72)68-11-12-70(25(2)20-68)49-32-15-36(57)43(31-7-8-37(59)47-42(31)33(19-62)48(63)80-47)44(61)46(32)66-53(67-49)77-24-55-9-6-10-69(55)22-30(58)18-55/h7-8,13-17,25,27,30,54,65,74-75H,3,5-6,9-12,18,20-24,63H2,1-2,4H3/t25-,27+,30+,54?,55-,56-/m0/s1. The fourth-order valence-corrected chi connectivity index (χ4v) is 13.8. The summed E-state index contributed by atoms with van der Waals surface area (Å²) in [5, 5.41) is 35.9. The maximum atomic E-state index is 17.5. The van der Waals surface area contributed by atoms with Crippen molar-refractivity contribution in [2.75, 3.05) is 55.3 Å². The number of thiophene rings is 1. The molecule has 0 spiro atoms. The average Bonchev–Trinajstić information content (AvgIpc) is 4.31. The van der Waals surface area contributed by atoms with Crippen molar-refractivity contribution in [3.63, 3.8) is 0 Å². The molecule has 0 bridgehead atoms. The van der Waals surface area contributed by atoms with Gasteiger partial charge in [0.25, 0.3) is 5.91 Å². The highest BCUT2D eigenvalue weighted by molar-refractivity contribution is 7.71. The number of aromatic nitrogens is 4. The fraction of sp³-hybridized carbons (Fsp3) is 0.375. The Morgan fingerprint density at radius 2 is 1.94 bits per heavy atom. The second kappa shape index (κ2) is 19.9. The first-order valence-electron chi connectivity index (χ1n) is 26.0. The number of anilines is 3. The molecule has 12 rings (SSSR count). The number of ether oxygens (including phenoxy) is 3. The van der Waals surface area contributed by atoms with Gasteiger partial charge in [0.15, 0.2) is 11.4 Å². The molecule has 9 heterocycles. The van der Waals surface area contributed by atoms with Crippen molar-refractivity contribution in [1.29, 1.82) is 5.26 Å². The van der Waals surface area contributed by atoms with Crippen LogP contribution >= 0.6 is 35.2 Å². The fourth-order valence-electron chi connectivity index (χ4n) is 12.2. The highest BCUT2D eigenvalue weighted by atomic mass is 35.5. The molecule has 5 aliphatic heterocycles. The van der Waals surface area contributed by atoms with Crippen molar-refractivity contribution in [2.45, 2.75) is 95.5 Å². The number of fused-ring (bicyclic) bond motifs is 8. The largest absolute Gasteiger partial charge is 0.461 e. The minimum absolute atomic E-state index is 0.00689. The van der Waals surface area contributed by atoms with Crippen molar-refractivity contribution in [1.82, 2.24) is 29.3 Å². The molecule has 3 saturated heterocycles. The summed E-state index contributed by atoms with van der Waals surface area (Å²) in [7, 11) is 0. The van der Waals surface area contributed by atoms with E-state index in [0.717, 1.165) is 29.4 Å². The number of piperazine rings is 1. The second-order valence-electron chi connectivity index (χ2n) is 21.1. The molecule has 0 saturated carbocycles. The maximum Gasteiger partial charge on any atom is 0.343 e. The summed E-state index contributed by atoms with van der Waals surface area (Å²) in [6.45, 7) is 10.7. The Labute approximate surface area is 468 Å². The first kappa shape index (κ1) is 53.6. The van der Waals surface area contributed by atoms with Gasteiger partial charge in [-0.25, -0.2) is 27.3 Å². The number of esters is 1. The van der Waals surface area contributed by atoms with Gasteiger partial charge in [-0.1, -0.05) is 43.4 Å². The molecule has 7 aromatic rings. The van der Waals surface area contributed by atoms with Gasteiger partial charge in [-0.2, -0.15) is 15.2 Å². The van der Waals surface area contributed by atoms with Crippen LogP contribution in [0.15, 0.2) is 54.6 Å². The normalized spacial score (nSPS) is 22.2. The summed E-state index contributed by atoms with van der Waals surface area (Å²) in [6.07, 6.45) is -2.03. The van der Waals surface area contributed by atoms with Crippen LogP contribution in [0.5, 0.6) is 6.01 Å². The number of nitrogens with two attached hydrogens (primary N) is 1. The zero-order valence-corrected chi connectivity index (χ0v) is 45.7. The van der Waals surface area contributed by atoms with Crippen LogP contribution in [0.2, 0.25) is 5.02 Å². The van der Waals surface area contributed by atoms with Gasteiger partial charge in [0, 0.05) is 88.7 Å². The third-order valence-corrected chi connectivity index (χ3v) is 18.2. The van der Waals surface area contributed by atoms with Crippen molar-refractivity contribution >= 4 is 95.4 Å². The number of aliphatic hydroxyl groups excluding tert-OH is 1. The van der Waals surface area contributed by atoms with Crippen molar-refractivity contribution in [3.8, 4) is 34.6 Å². The Hall–Kier alpha value is -7.04. The van der Waals surface area contributed by atoms with Crippen molar-refractivity contribution < 1.29 is 51.6 Å². The van der Waals surface area contributed by atoms with Gasteiger partial charge in [-0.05, 0) is 75.5 Å². The van der Waals surface area contributed by atoms with Gasteiger partial charge in [0.2, 0.25) is 6.41 Å². The minimum atomic E-state index is -1.88. The number of nitrogen functional groups attached to an aromatic ring is 1. The van der Waals surface area contributed by atoms with E-state index in [1.54, 1.807) is 17.9 Å². The summed E-state index contributed by atoms with van der Waals surface area (Å²) in [5.41, 5.74) is 6.34. The van der Waals surface area contributed by atoms with Gasteiger partial charge in [0.05, 0.1) is 56.1 Å². The summed E-state index contributed by atoms with van der Waals surface area (Å²) < 4.78 is 83.0. The van der Waals surface area contributed by atoms with Crippen LogP contribution < -0.4 is 20.7 Å². The van der Waals surface area contributed by atoms with Crippen LogP contribution in [0, 0.1) is 33.4 Å². The summed E-state index contributed by atoms with van der Waals surface area (Å²) >= 11 is 13.6.